The first kappa shape index (κ1) is 17.0. The van der Waals surface area contributed by atoms with E-state index in [2.05, 4.69) is 33.5 Å². The van der Waals surface area contributed by atoms with Crippen LogP contribution >= 0.6 is 11.3 Å². The van der Waals surface area contributed by atoms with Gasteiger partial charge in [0.2, 0.25) is 5.13 Å². The monoisotopic (exact) mass is 353 g/mol. The molecular weight excluding hydrogens is 334 g/mol. The van der Waals surface area contributed by atoms with Crippen molar-refractivity contribution in [2.24, 2.45) is 0 Å². The van der Waals surface area contributed by atoms with Gasteiger partial charge in [-0.2, -0.15) is 0 Å². The maximum absolute atomic E-state index is 12.6. The highest BCUT2D eigenvalue weighted by Gasteiger charge is 2.16. The molecule has 3 aromatic rings. The number of pyridine rings is 1. The topological polar surface area (TPSA) is 71.0 Å². The van der Waals surface area contributed by atoms with Gasteiger partial charge in [-0.3, -0.25) is 10.1 Å². The molecule has 0 bridgehead atoms. The zero-order chi connectivity index (χ0) is 18.0. The number of nitrogens with one attached hydrogen (secondary N) is 1. The molecule has 0 aliphatic rings. The standard InChI is InChI=1S/C18H19N5OS/c1-11-7-8-13(12(2)10-11)17-21-22-18(25-17)20-16(24)14-6-5-9-19-15(14)23(3)4/h5-10H,1-4H3,(H,20,22,24). The van der Waals surface area contributed by atoms with Crippen molar-refractivity contribution in [1.82, 2.24) is 15.2 Å². The van der Waals surface area contributed by atoms with Crippen LogP contribution in [0.5, 0.6) is 0 Å². The summed E-state index contributed by atoms with van der Waals surface area (Å²) in [5.41, 5.74) is 3.86. The normalized spacial score (nSPS) is 10.6. The van der Waals surface area contributed by atoms with Crippen molar-refractivity contribution in [3.63, 3.8) is 0 Å². The second kappa shape index (κ2) is 6.98. The number of rotatable bonds is 4. The number of hydrogen-bond donors (Lipinski definition) is 1. The Balaban J connectivity index is 1.83. The van der Waals surface area contributed by atoms with Crippen LogP contribution in [0.3, 0.4) is 0 Å². The zero-order valence-electron chi connectivity index (χ0n) is 14.6. The van der Waals surface area contributed by atoms with E-state index in [1.165, 1.54) is 16.9 Å². The van der Waals surface area contributed by atoms with E-state index in [1.54, 1.807) is 23.2 Å². The summed E-state index contributed by atoms with van der Waals surface area (Å²) in [5.74, 6) is 0.360. The molecule has 3 rings (SSSR count). The smallest absolute Gasteiger partial charge is 0.261 e. The molecule has 0 aliphatic heterocycles. The first-order chi connectivity index (χ1) is 12.0. The van der Waals surface area contributed by atoms with E-state index >= 15 is 0 Å². The summed E-state index contributed by atoms with van der Waals surface area (Å²) in [5, 5.41) is 12.4. The van der Waals surface area contributed by atoms with Crippen LogP contribution in [0.1, 0.15) is 21.5 Å². The van der Waals surface area contributed by atoms with E-state index in [4.69, 9.17) is 0 Å². The summed E-state index contributed by atoms with van der Waals surface area (Å²) in [4.78, 5) is 18.6. The third-order valence-electron chi connectivity index (χ3n) is 3.71. The summed E-state index contributed by atoms with van der Waals surface area (Å²) >= 11 is 1.36. The second-order valence-corrected chi connectivity index (χ2v) is 6.93. The lowest BCUT2D eigenvalue weighted by Crippen LogP contribution is -2.19. The van der Waals surface area contributed by atoms with Crippen molar-refractivity contribution in [1.29, 1.82) is 0 Å². The van der Waals surface area contributed by atoms with E-state index in [-0.39, 0.29) is 5.91 Å². The molecule has 0 fully saturated rings. The largest absolute Gasteiger partial charge is 0.362 e. The van der Waals surface area contributed by atoms with Gasteiger partial charge in [-0.05, 0) is 31.5 Å². The van der Waals surface area contributed by atoms with Crippen LogP contribution in [-0.2, 0) is 0 Å². The zero-order valence-corrected chi connectivity index (χ0v) is 15.4. The summed E-state index contributed by atoms with van der Waals surface area (Å²) in [6.45, 7) is 4.10. The maximum atomic E-state index is 12.6. The molecule has 6 nitrogen and oxygen atoms in total. The van der Waals surface area contributed by atoms with Crippen LogP contribution < -0.4 is 10.2 Å². The van der Waals surface area contributed by atoms with Gasteiger partial charge in [0.25, 0.3) is 5.91 Å². The van der Waals surface area contributed by atoms with Gasteiger partial charge in [0, 0.05) is 25.9 Å². The van der Waals surface area contributed by atoms with E-state index in [0.29, 0.717) is 16.5 Å². The van der Waals surface area contributed by atoms with Crippen molar-refractivity contribution in [2.45, 2.75) is 13.8 Å². The Hall–Kier alpha value is -2.80. The average Bonchev–Trinajstić information content (AvgIpc) is 3.02. The van der Waals surface area contributed by atoms with Crippen molar-refractivity contribution < 1.29 is 4.79 Å². The summed E-state index contributed by atoms with van der Waals surface area (Å²) < 4.78 is 0. The summed E-state index contributed by atoms with van der Waals surface area (Å²) in [6, 6.07) is 9.66. The van der Waals surface area contributed by atoms with Crippen LogP contribution in [0.25, 0.3) is 10.6 Å². The fourth-order valence-corrected chi connectivity index (χ4v) is 3.36. The molecule has 2 aromatic heterocycles. The van der Waals surface area contributed by atoms with E-state index < -0.39 is 0 Å². The first-order valence-electron chi connectivity index (χ1n) is 7.80. The van der Waals surface area contributed by atoms with Crippen LogP contribution in [-0.4, -0.2) is 35.2 Å². The van der Waals surface area contributed by atoms with E-state index in [9.17, 15) is 4.79 Å². The minimum Gasteiger partial charge on any atom is -0.362 e. The fourth-order valence-electron chi connectivity index (χ4n) is 2.53. The molecule has 0 unspecified atom stereocenters. The molecular formula is C18H19N5OS. The van der Waals surface area contributed by atoms with Crippen LogP contribution in [0.4, 0.5) is 10.9 Å². The number of nitrogens with zero attached hydrogens (tertiary/aromatic N) is 4. The van der Waals surface area contributed by atoms with Crippen molar-refractivity contribution in [3.05, 3.63) is 53.2 Å². The molecule has 128 valence electrons. The van der Waals surface area contributed by atoms with Crippen molar-refractivity contribution in [2.75, 3.05) is 24.3 Å². The van der Waals surface area contributed by atoms with Crippen LogP contribution in [0.15, 0.2) is 36.5 Å². The van der Waals surface area contributed by atoms with Crippen LogP contribution in [0.2, 0.25) is 0 Å². The van der Waals surface area contributed by atoms with Gasteiger partial charge in [0.1, 0.15) is 10.8 Å². The van der Waals surface area contributed by atoms with Crippen molar-refractivity contribution >= 4 is 28.2 Å². The first-order valence-corrected chi connectivity index (χ1v) is 8.62. The summed E-state index contributed by atoms with van der Waals surface area (Å²) in [7, 11) is 3.70. The highest BCUT2D eigenvalue weighted by atomic mass is 32.1. The fraction of sp³-hybridized carbons (Fsp3) is 0.222. The Labute approximate surface area is 150 Å². The minimum atomic E-state index is -0.250. The third kappa shape index (κ3) is 3.66. The predicted molar refractivity (Wildman–Crippen MR) is 101 cm³/mol. The third-order valence-corrected chi connectivity index (χ3v) is 4.58. The Morgan fingerprint density at radius 1 is 1.16 bits per heavy atom. The molecule has 0 saturated carbocycles. The maximum Gasteiger partial charge on any atom is 0.261 e. The van der Waals surface area contributed by atoms with Gasteiger partial charge in [-0.15, -0.1) is 10.2 Å². The van der Waals surface area contributed by atoms with E-state index in [0.717, 1.165) is 16.1 Å². The molecule has 2 heterocycles. The number of carbonyl (C=O) groups excluding carboxylic acids is 1. The van der Waals surface area contributed by atoms with E-state index in [1.807, 2.05) is 33.2 Å². The number of aryl methyl sites for hydroxylation is 2. The minimum absolute atomic E-state index is 0.250. The second-order valence-electron chi connectivity index (χ2n) is 5.95. The lowest BCUT2D eigenvalue weighted by atomic mass is 10.1. The molecule has 0 saturated heterocycles. The average molecular weight is 353 g/mol. The number of amides is 1. The molecule has 1 aromatic carbocycles. The Bertz CT molecular complexity index is 919. The van der Waals surface area contributed by atoms with Gasteiger partial charge in [-0.25, -0.2) is 4.98 Å². The molecule has 1 N–H and O–H groups in total. The molecule has 1 amide bonds. The van der Waals surface area contributed by atoms with Crippen LogP contribution in [0, 0.1) is 13.8 Å². The lowest BCUT2D eigenvalue weighted by molar-refractivity contribution is 0.102. The molecule has 25 heavy (non-hydrogen) atoms. The number of benzene rings is 1. The number of anilines is 2. The van der Waals surface area contributed by atoms with Crippen molar-refractivity contribution in [3.8, 4) is 10.6 Å². The molecule has 7 heteroatoms. The highest BCUT2D eigenvalue weighted by molar-refractivity contribution is 7.18. The quantitative estimate of drug-likeness (QED) is 0.777. The predicted octanol–water partition coefficient (Wildman–Crippen LogP) is 3.54. The van der Waals surface area contributed by atoms with Gasteiger partial charge >= 0.3 is 0 Å². The van der Waals surface area contributed by atoms with Gasteiger partial charge in [0.05, 0.1) is 5.56 Å². The molecule has 0 spiro atoms. The Kier molecular flexibility index (Phi) is 4.76. The van der Waals surface area contributed by atoms with Gasteiger partial charge in [0.15, 0.2) is 0 Å². The molecule has 0 aliphatic carbocycles. The number of aromatic nitrogens is 3. The Morgan fingerprint density at radius 2 is 1.96 bits per heavy atom. The van der Waals surface area contributed by atoms with Gasteiger partial charge in [-0.1, -0.05) is 35.1 Å². The number of hydrogen-bond acceptors (Lipinski definition) is 6. The highest BCUT2D eigenvalue weighted by Crippen LogP contribution is 2.29. The Morgan fingerprint density at radius 3 is 2.68 bits per heavy atom. The molecule has 0 radical (unpaired) electrons. The lowest BCUT2D eigenvalue weighted by Gasteiger charge is -2.14. The summed E-state index contributed by atoms with van der Waals surface area (Å²) in [6.07, 6.45) is 1.66. The SMILES string of the molecule is Cc1ccc(-c2nnc(NC(=O)c3cccnc3N(C)C)s2)c(C)c1. The number of carbonyl (C=O) groups is 1. The van der Waals surface area contributed by atoms with Gasteiger partial charge < -0.3 is 4.90 Å². The molecule has 0 atom stereocenters.